The van der Waals surface area contributed by atoms with Gasteiger partial charge in [0, 0.05) is 24.6 Å². The summed E-state index contributed by atoms with van der Waals surface area (Å²) in [5.74, 6) is -0.839. The van der Waals surface area contributed by atoms with Crippen LogP contribution >= 0.6 is 0 Å². The Kier molecular flexibility index (Phi) is 5.16. The number of hydrogen-bond donors (Lipinski definition) is 1. The number of carbonyl (C=O) groups is 2. The Labute approximate surface area is 157 Å². The van der Waals surface area contributed by atoms with Gasteiger partial charge in [-0.15, -0.1) is 0 Å². The molecule has 1 aliphatic rings. The van der Waals surface area contributed by atoms with Gasteiger partial charge in [0.2, 0.25) is 5.91 Å². The number of anilines is 1. The maximum absolute atomic E-state index is 14.3. The first-order valence-electron chi connectivity index (χ1n) is 8.83. The Hall–Kier alpha value is -2.90. The summed E-state index contributed by atoms with van der Waals surface area (Å²) in [7, 11) is 0. The standard InChI is InChI=1S/C19H23FN4O3/c1-19(2,3)27-18(26)24-9-4-5-16(24)17(25)22-13-6-7-15(14(20)11-13)23-10-8-21-12-23/h6-8,10-12,16H,4-5,9H2,1-3H3,(H,22,25). The third-order valence-electron chi connectivity index (χ3n) is 4.18. The molecule has 2 aromatic rings. The van der Waals surface area contributed by atoms with E-state index in [9.17, 15) is 14.0 Å². The molecule has 2 amide bonds. The number of hydrogen-bond acceptors (Lipinski definition) is 4. The van der Waals surface area contributed by atoms with Crippen molar-refractivity contribution in [2.24, 2.45) is 0 Å². The van der Waals surface area contributed by atoms with E-state index in [-0.39, 0.29) is 5.91 Å². The van der Waals surface area contributed by atoms with Gasteiger partial charge in [-0.25, -0.2) is 14.2 Å². The summed E-state index contributed by atoms with van der Waals surface area (Å²) in [6.07, 6.45) is 5.43. The largest absolute Gasteiger partial charge is 0.444 e. The molecular weight excluding hydrogens is 351 g/mol. The second-order valence-electron chi connectivity index (χ2n) is 7.46. The Morgan fingerprint density at radius 2 is 2.11 bits per heavy atom. The summed E-state index contributed by atoms with van der Waals surface area (Å²) >= 11 is 0. The zero-order chi connectivity index (χ0) is 19.6. The van der Waals surface area contributed by atoms with Crippen LogP contribution in [0.3, 0.4) is 0 Å². The van der Waals surface area contributed by atoms with Crippen molar-refractivity contribution in [2.75, 3.05) is 11.9 Å². The van der Waals surface area contributed by atoms with Gasteiger partial charge in [-0.1, -0.05) is 0 Å². The SMILES string of the molecule is CC(C)(C)OC(=O)N1CCCC1C(=O)Nc1ccc(-n2ccnc2)c(F)c1. The van der Waals surface area contributed by atoms with Gasteiger partial charge in [-0.2, -0.15) is 0 Å². The van der Waals surface area contributed by atoms with Gasteiger partial charge in [0.1, 0.15) is 17.5 Å². The lowest BCUT2D eigenvalue weighted by Gasteiger charge is -2.28. The quantitative estimate of drug-likeness (QED) is 0.894. The lowest BCUT2D eigenvalue weighted by Crippen LogP contribution is -2.45. The molecule has 2 heterocycles. The van der Waals surface area contributed by atoms with E-state index in [0.29, 0.717) is 30.8 Å². The van der Waals surface area contributed by atoms with Crippen LogP contribution in [0.25, 0.3) is 5.69 Å². The number of carbonyl (C=O) groups excluding carboxylic acids is 2. The van der Waals surface area contributed by atoms with E-state index in [1.807, 2.05) is 0 Å². The molecule has 1 aliphatic heterocycles. The Morgan fingerprint density at radius 3 is 2.74 bits per heavy atom. The normalized spacial score (nSPS) is 17.0. The number of ether oxygens (including phenoxy) is 1. The minimum Gasteiger partial charge on any atom is -0.444 e. The molecule has 0 bridgehead atoms. The van der Waals surface area contributed by atoms with Crippen LogP contribution in [0, 0.1) is 5.82 Å². The molecule has 0 saturated carbocycles. The fourth-order valence-electron chi connectivity index (χ4n) is 3.00. The molecule has 1 unspecified atom stereocenters. The van der Waals surface area contributed by atoms with Crippen molar-refractivity contribution in [3.05, 3.63) is 42.7 Å². The van der Waals surface area contributed by atoms with Crippen LogP contribution < -0.4 is 5.32 Å². The number of likely N-dealkylation sites (tertiary alicyclic amines) is 1. The van der Waals surface area contributed by atoms with Crippen LogP contribution in [-0.4, -0.2) is 44.6 Å². The predicted molar refractivity (Wildman–Crippen MR) is 98.1 cm³/mol. The number of benzene rings is 1. The van der Waals surface area contributed by atoms with Crippen LogP contribution in [0.1, 0.15) is 33.6 Å². The first-order chi connectivity index (χ1) is 12.7. The number of aromatic nitrogens is 2. The van der Waals surface area contributed by atoms with Gasteiger partial charge in [0.25, 0.3) is 0 Å². The van der Waals surface area contributed by atoms with Crippen molar-refractivity contribution in [2.45, 2.75) is 45.3 Å². The van der Waals surface area contributed by atoms with Crippen LogP contribution in [-0.2, 0) is 9.53 Å². The number of imidazole rings is 1. The van der Waals surface area contributed by atoms with Crippen molar-refractivity contribution in [3.8, 4) is 5.69 Å². The molecule has 1 atom stereocenters. The highest BCUT2D eigenvalue weighted by atomic mass is 19.1. The monoisotopic (exact) mass is 374 g/mol. The zero-order valence-corrected chi connectivity index (χ0v) is 15.6. The molecule has 27 heavy (non-hydrogen) atoms. The molecule has 0 radical (unpaired) electrons. The molecule has 1 N–H and O–H groups in total. The molecule has 0 spiro atoms. The van der Waals surface area contributed by atoms with E-state index in [2.05, 4.69) is 10.3 Å². The Morgan fingerprint density at radius 1 is 1.33 bits per heavy atom. The van der Waals surface area contributed by atoms with Gasteiger partial charge in [0.05, 0.1) is 12.0 Å². The minimum absolute atomic E-state index is 0.331. The average molecular weight is 374 g/mol. The molecular formula is C19H23FN4O3. The third-order valence-corrected chi connectivity index (χ3v) is 4.18. The number of amides is 2. The van der Waals surface area contributed by atoms with E-state index in [0.717, 1.165) is 0 Å². The minimum atomic E-state index is -0.632. The van der Waals surface area contributed by atoms with Crippen LogP contribution in [0.15, 0.2) is 36.9 Å². The summed E-state index contributed by atoms with van der Waals surface area (Å²) in [4.78, 5) is 30.3. The molecule has 3 rings (SSSR count). The zero-order valence-electron chi connectivity index (χ0n) is 15.6. The topological polar surface area (TPSA) is 76.5 Å². The van der Waals surface area contributed by atoms with Crippen LogP contribution in [0.5, 0.6) is 0 Å². The molecule has 144 valence electrons. The molecule has 1 fully saturated rings. The van der Waals surface area contributed by atoms with Gasteiger partial charge < -0.3 is 14.6 Å². The summed E-state index contributed by atoms with van der Waals surface area (Å²) in [6, 6.07) is 3.80. The Bertz CT molecular complexity index is 830. The lowest BCUT2D eigenvalue weighted by atomic mass is 10.2. The van der Waals surface area contributed by atoms with Crippen molar-refractivity contribution >= 4 is 17.7 Å². The predicted octanol–water partition coefficient (Wildman–Crippen LogP) is 3.35. The molecule has 1 aromatic carbocycles. The molecule has 8 heteroatoms. The van der Waals surface area contributed by atoms with Crippen molar-refractivity contribution < 1.29 is 18.7 Å². The van der Waals surface area contributed by atoms with Crippen LogP contribution in [0.4, 0.5) is 14.9 Å². The Balaban J connectivity index is 1.69. The first-order valence-corrected chi connectivity index (χ1v) is 8.83. The van der Waals surface area contributed by atoms with E-state index < -0.39 is 23.6 Å². The maximum Gasteiger partial charge on any atom is 0.410 e. The maximum atomic E-state index is 14.3. The van der Waals surface area contributed by atoms with Crippen LogP contribution in [0.2, 0.25) is 0 Å². The summed E-state index contributed by atoms with van der Waals surface area (Å²) in [5.41, 5.74) is 0.0339. The van der Waals surface area contributed by atoms with Gasteiger partial charge in [-0.3, -0.25) is 9.69 Å². The second-order valence-corrected chi connectivity index (χ2v) is 7.46. The van der Waals surface area contributed by atoms with Gasteiger partial charge in [0.15, 0.2) is 0 Å². The molecule has 1 aromatic heterocycles. The van der Waals surface area contributed by atoms with E-state index in [4.69, 9.17) is 4.74 Å². The highest BCUT2D eigenvalue weighted by Gasteiger charge is 2.36. The first kappa shape index (κ1) is 18.9. The average Bonchev–Trinajstić information content (AvgIpc) is 3.25. The number of nitrogens with zero attached hydrogens (tertiary/aromatic N) is 3. The van der Waals surface area contributed by atoms with E-state index in [1.54, 1.807) is 49.9 Å². The highest BCUT2D eigenvalue weighted by Crippen LogP contribution is 2.23. The third kappa shape index (κ3) is 4.45. The fraction of sp³-hybridized carbons (Fsp3) is 0.421. The number of halogens is 1. The molecule has 1 saturated heterocycles. The van der Waals surface area contributed by atoms with Crippen molar-refractivity contribution in [3.63, 3.8) is 0 Å². The van der Waals surface area contributed by atoms with Crippen molar-refractivity contribution in [1.29, 1.82) is 0 Å². The lowest BCUT2D eigenvalue weighted by molar-refractivity contribution is -0.120. The number of nitrogens with one attached hydrogen (secondary N) is 1. The second kappa shape index (κ2) is 7.38. The molecule has 0 aliphatic carbocycles. The molecule has 7 nitrogen and oxygen atoms in total. The summed E-state index contributed by atoms with van der Waals surface area (Å²) < 4.78 is 21.3. The van der Waals surface area contributed by atoms with Gasteiger partial charge in [-0.05, 0) is 51.8 Å². The summed E-state index contributed by atoms with van der Waals surface area (Å²) in [5, 5.41) is 2.69. The summed E-state index contributed by atoms with van der Waals surface area (Å²) in [6.45, 7) is 5.79. The van der Waals surface area contributed by atoms with E-state index >= 15 is 0 Å². The van der Waals surface area contributed by atoms with Gasteiger partial charge >= 0.3 is 6.09 Å². The fourth-order valence-corrected chi connectivity index (χ4v) is 3.00. The van der Waals surface area contributed by atoms with Crippen molar-refractivity contribution in [1.82, 2.24) is 14.5 Å². The number of rotatable bonds is 3. The highest BCUT2D eigenvalue weighted by molar-refractivity contribution is 5.97. The van der Waals surface area contributed by atoms with E-state index in [1.165, 1.54) is 17.3 Å². The smallest absolute Gasteiger partial charge is 0.410 e.